The average molecular weight is 220 g/mol. The van der Waals surface area contributed by atoms with Gasteiger partial charge in [-0.2, -0.15) is 0 Å². The Balaban J connectivity index is 2.56. The molecular formula is C13H16O3. The van der Waals surface area contributed by atoms with Gasteiger partial charge in [0.05, 0.1) is 0 Å². The largest absolute Gasteiger partial charge is 0.460 e. The highest BCUT2D eigenvalue weighted by molar-refractivity contribution is 6.05. The second kappa shape index (κ2) is 4.92. The molecule has 1 rings (SSSR count). The smallest absolute Gasteiger partial charge is 0.314 e. The normalized spacial score (nSPS) is 10.9. The van der Waals surface area contributed by atoms with Gasteiger partial charge in [-0.3, -0.25) is 9.59 Å². The molecule has 0 aliphatic rings. The average Bonchev–Trinajstić information content (AvgIpc) is 2.16. The second-order valence-corrected chi connectivity index (χ2v) is 4.55. The summed E-state index contributed by atoms with van der Waals surface area (Å²) in [6.45, 7) is 5.33. The van der Waals surface area contributed by atoms with Crippen molar-refractivity contribution in [3.05, 3.63) is 35.9 Å². The molecule has 0 aromatic heterocycles. The van der Waals surface area contributed by atoms with Crippen molar-refractivity contribution in [1.29, 1.82) is 0 Å². The van der Waals surface area contributed by atoms with E-state index in [1.54, 1.807) is 45.0 Å². The van der Waals surface area contributed by atoms with Gasteiger partial charge < -0.3 is 4.74 Å². The molecule has 3 heteroatoms. The molecule has 86 valence electrons. The third-order valence-corrected chi connectivity index (χ3v) is 1.82. The molecule has 1 aromatic carbocycles. The van der Waals surface area contributed by atoms with Gasteiger partial charge in [0.15, 0.2) is 5.78 Å². The summed E-state index contributed by atoms with van der Waals surface area (Å²) in [5.74, 6) is -0.698. The number of hydrogen-bond acceptors (Lipinski definition) is 3. The fraction of sp³-hybridized carbons (Fsp3) is 0.385. The molecule has 3 nitrogen and oxygen atoms in total. The van der Waals surface area contributed by atoms with Crippen molar-refractivity contribution in [3.63, 3.8) is 0 Å². The van der Waals surface area contributed by atoms with Crippen LogP contribution in [0.15, 0.2) is 30.3 Å². The van der Waals surface area contributed by atoms with Crippen molar-refractivity contribution in [3.8, 4) is 0 Å². The summed E-state index contributed by atoms with van der Waals surface area (Å²) in [5.41, 5.74) is -0.0121. The van der Waals surface area contributed by atoms with Crippen LogP contribution in [0.1, 0.15) is 37.6 Å². The molecule has 0 saturated heterocycles. The maximum atomic E-state index is 11.6. The number of benzene rings is 1. The Bertz CT molecular complexity index is 374. The van der Waals surface area contributed by atoms with E-state index in [2.05, 4.69) is 0 Å². The Kier molecular flexibility index (Phi) is 3.82. The van der Waals surface area contributed by atoms with Crippen LogP contribution in [0.4, 0.5) is 0 Å². The van der Waals surface area contributed by atoms with Gasteiger partial charge in [-0.25, -0.2) is 0 Å². The van der Waals surface area contributed by atoms with Gasteiger partial charge in [0, 0.05) is 5.56 Å². The summed E-state index contributed by atoms with van der Waals surface area (Å²) < 4.78 is 5.07. The van der Waals surface area contributed by atoms with E-state index in [0.29, 0.717) is 5.56 Å². The van der Waals surface area contributed by atoms with Crippen LogP contribution in [0.2, 0.25) is 0 Å². The number of ketones is 1. The third-order valence-electron chi connectivity index (χ3n) is 1.82. The van der Waals surface area contributed by atoms with E-state index in [4.69, 9.17) is 4.74 Å². The Morgan fingerprint density at radius 1 is 1.12 bits per heavy atom. The SMILES string of the molecule is CC(C)(C)OC(=O)CC(=O)c1ccccc1. The van der Waals surface area contributed by atoms with Gasteiger partial charge in [0.25, 0.3) is 0 Å². The molecule has 0 heterocycles. The van der Waals surface area contributed by atoms with E-state index >= 15 is 0 Å². The van der Waals surface area contributed by atoms with Crippen molar-refractivity contribution in [2.24, 2.45) is 0 Å². The van der Waals surface area contributed by atoms with E-state index in [-0.39, 0.29) is 12.2 Å². The van der Waals surface area contributed by atoms with Crippen LogP contribution in [0.3, 0.4) is 0 Å². The van der Waals surface area contributed by atoms with E-state index in [1.165, 1.54) is 0 Å². The van der Waals surface area contributed by atoms with Gasteiger partial charge in [0.2, 0.25) is 0 Å². The molecule has 0 fully saturated rings. The Hall–Kier alpha value is -1.64. The summed E-state index contributed by atoms with van der Waals surface area (Å²) >= 11 is 0. The molecule has 0 aliphatic carbocycles. The zero-order valence-electron chi connectivity index (χ0n) is 9.82. The minimum absolute atomic E-state index is 0.207. The quantitative estimate of drug-likeness (QED) is 0.447. The van der Waals surface area contributed by atoms with Gasteiger partial charge in [-0.1, -0.05) is 30.3 Å². The predicted octanol–water partition coefficient (Wildman–Crippen LogP) is 2.60. The van der Waals surface area contributed by atoms with Gasteiger partial charge in [-0.15, -0.1) is 0 Å². The Morgan fingerprint density at radius 2 is 1.69 bits per heavy atom. The maximum absolute atomic E-state index is 11.6. The lowest BCUT2D eigenvalue weighted by Gasteiger charge is -2.19. The first-order valence-corrected chi connectivity index (χ1v) is 5.18. The lowest BCUT2D eigenvalue weighted by molar-refractivity contribution is -0.153. The van der Waals surface area contributed by atoms with Gasteiger partial charge in [0.1, 0.15) is 12.0 Å². The minimum Gasteiger partial charge on any atom is -0.460 e. The minimum atomic E-state index is -0.548. The van der Waals surface area contributed by atoms with E-state index in [0.717, 1.165) is 0 Å². The van der Waals surface area contributed by atoms with Crippen LogP contribution in [0.25, 0.3) is 0 Å². The predicted molar refractivity (Wildman–Crippen MR) is 61.2 cm³/mol. The summed E-state index contributed by atoms with van der Waals surface area (Å²) in [6, 6.07) is 8.73. The van der Waals surface area contributed by atoms with Crippen molar-refractivity contribution in [2.45, 2.75) is 32.8 Å². The molecule has 0 N–H and O–H groups in total. The zero-order valence-corrected chi connectivity index (χ0v) is 9.82. The number of rotatable bonds is 3. The fourth-order valence-electron chi connectivity index (χ4n) is 1.23. The van der Waals surface area contributed by atoms with Crippen LogP contribution < -0.4 is 0 Å². The number of hydrogen-bond donors (Lipinski definition) is 0. The number of carbonyl (C=O) groups is 2. The van der Waals surface area contributed by atoms with Crippen molar-refractivity contribution in [1.82, 2.24) is 0 Å². The molecular weight excluding hydrogens is 204 g/mol. The summed E-state index contributed by atoms with van der Waals surface area (Å²) in [7, 11) is 0. The third kappa shape index (κ3) is 4.26. The monoisotopic (exact) mass is 220 g/mol. The second-order valence-electron chi connectivity index (χ2n) is 4.55. The molecule has 16 heavy (non-hydrogen) atoms. The van der Waals surface area contributed by atoms with Crippen molar-refractivity contribution >= 4 is 11.8 Å². The van der Waals surface area contributed by atoms with Gasteiger partial charge in [-0.05, 0) is 20.8 Å². The molecule has 0 atom stereocenters. The molecule has 0 amide bonds. The van der Waals surface area contributed by atoms with Crippen molar-refractivity contribution in [2.75, 3.05) is 0 Å². The van der Waals surface area contributed by atoms with Gasteiger partial charge >= 0.3 is 5.97 Å². The zero-order chi connectivity index (χ0) is 12.2. The lowest BCUT2D eigenvalue weighted by Crippen LogP contribution is -2.25. The standard InChI is InChI=1S/C13H16O3/c1-13(2,3)16-12(15)9-11(14)10-7-5-4-6-8-10/h4-8H,9H2,1-3H3. The highest BCUT2D eigenvalue weighted by atomic mass is 16.6. The molecule has 1 aromatic rings. The molecule has 0 aliphatic heterocycles. The van der Waals surface area contributed by atoms with Crippen molar-refractivity contribution < 1.29 is 14.3 Å². The summed E-state index contributed by atoms with van der Waals surface area (Å²) in [5, 5.41) is 0. The van der Waals surface area contributed by atoms with E-state index in [9.17, 15) is 9.59 Å². The van der Waals surface area contributed by atoms with Crippen LogP contribution >= 0.6 is 0 Å². The molecule has 0 bridgehead atoms. The first-order chi connectivity index (χ1) is 7.38. The number of carbonyl (C=O) groups excluding carboxylic acids is 2. The highest BCUT2D eigenvalue weighted by Gasteiger charge is 2.19. The van der Waals surface area contributed by atoms with E-state index in [1.807, 2.05) is 6.07 Å². The lowest BCUT2D eigenvalue weighted by atomic mass is 10.1. The maximum Gasteiger partial charge on any atom is 0.314 e. The Labute approximate surface area is 95.4 Å². The fourth-order valence-corrected chi connectivity index (χ4v) is 1.23. The van der Waals surface area contributed by atoms with Crippen LogP contribution in [0, 0.1) is 0 Å². The number of Topliss-reactive ketones (excluding diaryl/α,β-unsaturated/α-hetero) is 1. The topological polar surface area (TPSA) is 43.4 Å². The number of ether oxygens (including phenoxy) is 1. The molecule has 0 radical (unpaired) electrons. The molecule has 0 unspecified atom stereocenters. The van der Waals surface area contributed by atoms with Crippen LogP contribution in [0.5, 0.6) is 0 Å². The number of esters is 1. The molecule has 0 spiro atoms. The Morgan fingerprint density at radius 3 is 2.19 bits per heavy atom. The first kappa shape index (κ1) is 12.4. The summed E-state index contributed by atoms with van der Waals surface area (Å²) in [6.07, 6.45) is -0.207. The highest BCUT2D eigenvalue weighted by Crippen LogP contribution is 2.10. The molecule has 0 saturated carbocycles. The van der Waals surface area contributed by atoms with Crippen LogP contribution in [-0.2, 0) is 9.53 Å². The van der Waals surface area contributed by atoms with Crippen LogP contribution in [-0.4, -0.2) is 17.4 Å². The first-order valence-electron chi connectivity index (χ1n) is 5.18. The summed E-state index contributed by atoms with van der Waals surface area (Å²) in [4.78, 5) is 23.0. The van der Waals surface area contributed by atoms with E-state index < -0.39 is 11.6 Å².